The zero-order valence-electron chi connectivity index (χ0n) is 12.8. The second-order valence-electron chi connectivity index (χ2n) is 6.01. The van der Waals surface area contributed by atoms with Crippen molar-refractivity contribution < 1.29 is 4.79 Å². The first-order chi connectivity index (χ1) is 9.36. The predicted octanol–water partition coefficient (Wildman–Crippen LogP) is 2.97. The van der Waals surface area contributed by atoms with Gasteiger partial charge in [-0.3, -0.25) is 4.79 Å². The fourth-order valence-corrected chi connectivity index (χ4v) is 2.61. The van der Waals surface area contributed by atoms with Crippen LogP contribution in [0.5, 0.6) is 0 Å². The van der Waals surface area contributed by atoms with Crippen molar-refractivity contribution in [3.8, 4) is 0 Å². The molecule has 1 aromatic carbocycles. The number of amides is 1. The van der Waals surface area contributed by atoms with Crippen molar-refractivity contribution in [3.05, 3.63) is 28.7 Å². The minimum absolute atomic E-state index is 0. The molecule has 0 saturated carbocycles. The van der Waals surface area contributed by atoms with Gasteiger partial charge in [0.2, 0.25) is 5.91 Å². The number of nitrogens with zero attached hydrogens (tertiary/aromatic N) is 1. The molecule has 1 amide bonds. The first-order valence-electron chi connectivity index (χ1n) is 6.94. The van der Waals surface area contributed by atoms with Crippen molar-refractivity contribution in [2.24, 2.45) is 11.7 Å². The number of halogens is 3. The summed E-state index contributed by atoms with van der Waals surface area (Å²) in [7, 11) is 0. The van der Waals surface area contributed by atoms with Gasteiger partial charge in [0, 0.05) is 29.8 Å². The molecule has 0 radical (unpaired) electrons. The molecule has 1 atom stereocenters. The number of nitrogens with two attached hydrogens (primary N) is 1. The molecular formula is C15H24BrCl2N3O. The molecule has 126 valence electrons. The van der Waals surface area contributed by atoms with Gasteiger partial charge < -0.3 is 16.0 Å². The Balaban J connectivity index is 0.00000220. The second-order valence-corrected chi connectivity index (χ2v) is 6.92. The number of hydrogen-bond donors (Lipinski definition) is 2. The van der Waals surface area contributed by atoms with Crippen LogP contribution in [0.15, 0.2) is 28.7 Å². The van der Waals surface area contributed by atoms with E-state index in [0.29, 0.717) is 12.5 Å². The second kappa shape index (κ2) is 8.96. The maximum absolute atomic E-state index is 11.8. The Morgan fingerprint density at radius 3 is 2.50 bits per heavy atom. The van der Waals surface area contributed by atoms with E-state index in [1.54, 1.807) is 13.8 Å². The topological polar surface area (TPSA) is 58.4 Å². The molecular weight excluding hydrogens is 389 g/mol. The zero-order chi connectivity index (χ0) is 14.8. The van der Waals surface area contributed by atoms with Gasteiger partial charge in [-0.25, -0.2) is 0 Å². The Labute approximate surface area is 153 Å². The van der Waals surface area contributed by atoms with Crippen LogP contribution in [-0.2, 0) is 4.79 Å². The van der Waals surface area contributed by atoms with Crippen LogP contribution in [0.4, 0.5) is 5.69 Å². The Morgan fingerprint density at radius 1 is 1.36 bits per heavy atom. The molecule has 3 N–H and O–H groups in total. The highest BCUT2D eigenvalue weighted by Crippen LogP contribution is 2.25. The Kier molecular flexibility index (Phi) is 8.77. The molecule has 7 heteroatoms. The van der Waals surface area contributed by atoms with E-state index < -0.39 is 5.54 Å². The molecule has 1 aromatic rings. The van der Waals surface area contributed by atoms with Gasteiger partial charge in [-0.1, -0.05) is 15.9 Å². The number of nitrogens with one attached hydrogen (secondary N) is 1. The number of carbonyl (C=O) groups excluding carboxylic acids is 1. The van der Waals surface area contributed by atoms with Gasteiger partial charge >= 0.3 is 0 Å². The molecule has 1 aliphatic heterocycles. The van der Waals surface area contributed by atoms with Crippen molar-refractivity contribution >= 4 is 52.3 Å². The molecule has 0 aliphatic carbocycles. The van der Waals surface area contributed by atoms with Crippen molar-refractivity contribution in [1.82, 2.24) is 5.32 Å². The van der Waals surface area contributed by atoms with E-state index in [1.807, 2.05) is 0 Å². The summed E-state index contributed by atoms with van der Waals surface area (Å²) in [4.78, 5) is 14.1. The van der Waals surface area contributed by atoms with E-state index in [9.17, 15) is 4.79 Å². The van der Waals surface area contributed by atoms with Gasteiger partial charge in [0.15, 0.2) is 0 Å². The van der Waals surface area contributed by atoms with Crippen molar-refractivity contribution in [1.29, 1.82) is 0 Å². The van der Waals surface area contributed by atoms with Crippen LogP contribution in [0.3, 0.4) is 0 Å². The summed E-state index contributed by atoms with van der Waals surface area (Å²) < 4.78 is 1.09. The molecule has 1 saturated heterocycles. The van der Waals surface area contributed by atoms with Crippen LogP contribution in [0.25, 0.3) is 0 Å². The minimum atomic E-state index is -0.802. The SMILES string of the molecule is CC(C)(N)C(=O)NCC1CCN(c2ccc(Br)cc2)C1.Cl.Cl. The minimum Gasteiger partial charge on any atom is -0.371 e. The lowest BCUT2D eigenvalue weighted by molar-refractivity contribution is -0.125. The number of benzene rings is 1. The highest BCUT2D eigenvalue weighted by molar-refractivity contribution is 9.10. The summed E-state index contributed by atoms with van der Waals surface area (Å²) >= 11 is 3.45. The number of rotatable bonds is 4. The largest absolute Gasteiger partial charge is 0.371 e. The first-order valence-corrected chi connectivity index (χ1v) is 7.73. The van der Waals surface area contributed by atoms with E-state index in [0.717, 1.165) is 24.0 Å². The average Bonchev–Trinajstić information content (AvgIpc) is 2.84. The third-order valence-electron chi connectivity index (χ3n) is 3.61. The van der Waals surface area contributed by atoms with E-state index in [-0.39, 0.29) is 30.7 Å². The lowest BCUT2D eigenvalue weighted by Crippen LogP contribution is -2.50. The molecule has 1 fully saturated rings. The highest BCUT2D eigenvalue weighted by Gasteiger charge is 2.26. The van der Waals surface area contributed by atoms with E-state index in [1.165, 1.54) is 5.69 Å². The van der Waals surface area contributed by atoms with E-state index in [4.69, 9.17) is 5.73 Å². The van der Waals surface area contributed by atoms with Gasteiger partial charge in [-0.15, -0.1) is 24.8 Å². The third-order valence-corrected chi connectivity index (χ3v) is 4.14. The van der Waals surface area contributed by atoms with Crippen LogP contribution < -0.4 is 16.0 Å². The molecule has 2 rings (SSSR count). The monoisotopic (exact) mass is 411 g/mol. The predicted molar refractivity (Wildman–Crippen MR) is 100 cm³/mol. The number of anilines is 1. The number of carbonyl (C=O) groups is 1. The molecule has 0 spiro atoms. The zero-order valence-corrected chi connectivity index (χ0v) is 16.1. The summed E-state index contributed by atoms with van der Waals surface area (Å²) in [5.41, 5.74) is 6.20. The highest BCUT2D eigenvalue weighted by atomic mass is 79.9. The van der Waals surface area contributed by atoms with Crippen molar-refractivity contribution in [2.45, 2.75) is 25.8 Å². The molecule has 4 nitrogen and oxygen atoms in total. The Hall–Kier alpha value is -0.490. The van der Waals surface area contributed by atoms with Crippen molar-refractivity contribution in [3.63, 3.8) is 0 Å². The van der Waals surface area contributed by atoms with E-state index in [2.05, 4.69) is 50.4 Å². The molecule has 1 heterocycles. The molecule has 0 bridgehead atoms. The summed E-state index contributed by atoms with van der Waals surface area (Å²) in [6.07, 6.45) is 1.10. The molecule has 0 aromatic heterocycles. The smallest absolute Gasteiger partial charge is 0.239 e. The summed E-state index contributed by atoms with van der Waals surface area (Å²) in [6, 6.07) is 8.35. The summed E-state index contributed by atoms with van der Waals surface area (Å²) in [5, 5.41) is 2.95. The third kappa shape index (κ3) is 5.95. The molecule has 1 aliphatic rings. The van der Waals surface area contributed by atoms with E-state index >= 15 is 0 Å². The maximum atomic E-state index is 11.8. The van der Waals surface area contributed by atoms with Crippen molar-refractivity contribution in [2.75, 3.05) is 24.5 Å². The molecule has 22 heavy (non-hydrogen) atoms. The normalized spacial score (nSPS) is 17.5. The Bertz CT molecular complexity index is 477. The van der Waals surface area contributed by atoms with Gasteiger partial charge in [-0.2, -0.15) is 0 Å². The average molecular weight is 413 g/mol. The summed E-state index contributed by atoms with van der Waals surface area (Å²) in [5.74, 6) is 0.407. The van der Waals surface area contributed by atoms with Gasteiger partial charge in [0.25, 0.3) is 0 Å². The van der Waals surface area contributed by atoms with Crippen LogP contribution in [0.2, 0.25) is 0 Å². The van der Waals surface area contributed by atoms with Gasteiger partial charge in [0.1, 0.15) is 0 Å². The standard InChI is InChI=1S/C15H22BrN3O.2ClH/c1-15(2,17)14(20)18-9-11-7-8-19(10-11)13-5-3-12(16)4-6-13;;/h3-6,11H,7-10,17H2,1-2H3,(H,18,20);2*1H. The lowest BCUT2D eigenvalue weighted by atomic mass is 10.1. The molecule has 1 unspecified atom stereocenters. The lowest BCUT2D eigenvalue weighted by Gasteiger charge is -2.21. The summed E-state index contributed by atoms with van der Waals surface area (Å²) in [6.45, 7) is 6.17. The quantitative estimate of drug-likeness (QED) is 0.799. The van der Waals surface area contributed by atoms with Crippen LogP contribution in [-0.4, -0.2) is 31.1 Å². The van der Waals surface area contributed by atoms with Gasteiger partial charge in [0.05, 0.1) is 5.54 Å². The van der Waals surface area contributed by atoms with Crippen LogP contribution in [0, 0.1) is 5.92 Å². The number of hydrogen-bond acceptors (Lipinski definition) is 3. The Morgan fingerprint density at radius 2 is 1.95 bits per heavy atom. The fourth-order valence-electron chi connectivity index (χ4n) is 2.35. The maximum Gasteiger partial charge on any atom is 0.239 e. The van der Waals surface area contributed by atoms with Gasteiger partial charge in [-0.05, 0) is 50.5 Å². The first kappa shape index (κ1) is 21.5. The van der Waals surface area contributed by atoms with Crippen LogP contribution >= 0.6 is 40.7 Å². The van der Waals surface area contributed by atoms with Crippen LogP contribution in [0.1, 0.15) is 20.3 Å². The fraction of sp³-hybridized carbons (Fsp3) is 0.533.